The van der Waals surface area contributed by atoms with E-state index in [1.165, 1.54) is 0 Å². The van der Waals surface area contributed by atoms with Gasteiger partial charge < -0.3 is 15.4 Å². The summed E-state index contributed by atoms with van der Waals surface area (Å²) < 4.78 is 5.07. The number of aryl methyl sites for hydroxylation is 1. The van der Waals surface area contributed by atoms with Gasteiger partial charge in [-0.05, 0) is 6.92 Å². The summed E-state index contributed by atoms with van der Waals surface area (Å²) in [4.78, 5) is 10.1. The topological polar surface area (TPSA) is 93.0 Å². The first-order valence-electron chi connectivity index (χ1n) is 5.48. The molecule has 18 heavy (non-hydrogen) atoms. The number of methoxy groups -OCH3 is 1. The molecule has 0 spiro atoms. The number of nitrogens with two attached hydrogens (primary N) is 1. The zero-order valence-electron chi connectivity index (χ0n) is 10.6. The minimum atomic E-state index is 0.195. The van der Waals surface area contributed by atoms with Gasteiger partial charge in [-0.25, -0.2) is 0 Å². The van der Waals surface area contributed by atoms with E-state index in [1.54, 1.807) is 19.4 Å². The average Bonchev–Trinajstić information content (AvgIpc) is 2.74. The molecular weight excluding hydrogens is 232 g/mol. The minimum Gasteiger partial charge on any atom is -0.481 e. The highest BCUT2D eigenvalue weighted by molar-refractivity contribution is 5.45. The summed E-state index contributed by atoms with van der Waals surface area (Å²) in [5, 5.41) is 6.89. The lowest BCUT2D eigenvalue weighted by Gasteiger charge is -2.18. The van der Waals surface area contributed by atoms with Crippen LogP contribution in [0.2, 0.25) is 0 Å². The fourth-order valence-electron chi connectivity index (χ4n) is 1.60. The van der Waals surface area contributed by atoms with Crippen LogP contribution in [0.4, 0.5) is 11.8 Å². The highest BCUT2D eigenvalue weighted by Gasteiger charge is 2.10. The van der Waals surface area contributed by atoms with Gasteiger partial charge >= 0.3 is 0 Å². The Morgan fingerprint density at radius 3 is 2.83 bits per heavy atom. The Hall–Kier alpha value is -2.31. The summed E-state index contributed by atoms with van der Waals surface area (Å²) in [5.41, 5.74) is 7.77. The first-order chi connectivity index (χ1) is 8.60. The maximum atomic E-state index is 5.63. The molecule has 0 aromatic carbocycles. The van der Waals surface area contributed by atoms with Crippen LogP contribution in [0.3, 0.4) is 0 Å². The Labute approximate surface area is 105 Å². The molecule has 0 saturated carbocycles. The van der Waals surface area contributed by atoms with E-state index >= 15 is 0 Å². The number of nitrogens with one attached hydrogen (secondary N) is 1. The number of anilines is 2. The molecule has 2 rings (SSSR count). The van der Waals surface area contributed by atoms with Crippen LogP contribution in [-0.4, -0.2) is 34.3 Å². The van der Waals surface area contributed by atoms with Gasteiger partial charge in [0, 0.05) is 30.9 Å². The lowest BCUT2D eigenvalue weighted by molar-refractivity contribution is 0.397. The van der Waals surface area contributed by atoms with E-state index in [2.05, 4.69) is 20.2 Å². The maximum Gasteiger partial charge on any atom is 0.225 e. The molecule has 2 heterocycles. The highest BCUT2D eigenvalue weighted by atomic mass is 16.5. The van der Waals surface area contributed by atoms with E-state index < -0.39 is 0 Å². The van der Waals surface area contributed by atoms with Gasteiger partial charge in [-0.2, -0.15) is 15.1 Å². The number of nitrogens with zero attached hydrogens (tertiary/aromatic N) is 4. The van der Waals surface area contributed by atoms with Gasteiger partial charge in [-0.15, -0.1) is 0 Å². The molecule has 0 aliphatic rings. The molecule has 0 saturated heterocycles. The molecule has 3 N–H and O–H groups in total. The number of hydrogen-bond acceptors (Lipinski definition) is 6. The molecule has 96 valence electrons. The van der Waals surface area contributed by atoms with Gasteiger partial charge in [-0.1, -0.05) is 0 Å². The second kappa shape index (κ2) is 4.91. The molecule has 0 amide bonds. The van der Waals surface area contributed by atoms with Crippen LogP contribution < -0.4 is 15.4 Å². The number of aromatic nitrogens is 4. The summed E-state index contributed by atoms with van der Waals surface area (Å²) in [6.07, 6.45) is 1.80. The molecule has 0 bridgehead atoms. The molecule has 7 heteroatoms. The molecule has 0 fully saturated rings. The number of H-pyrrole nitrogens is 1. The zero-order valence-corrected chi connectivity index (χ0v) is 10.6. The Balaban J connectivity index is 2.20. The summed E-state index contributed by atoms with van der Waals surface area (Å²) in [7, 11) is 3.47. The maximum absolute atomic E-state index is 5.63. The van der Waals surface area contributed by atoms with E-state index in [0.717, 1.165) is 11.3 Å². The normalized spacial score (nSPS) is 10.4. The number of ether oxygens (including phenoxy) is 1. The van der Waals surface area contributed by atoms with Crippen molar-refractivity contribution >= 4 is 11.8 Å². The standard InChI is InChI=1S/C11H16N6O/c1-7-8(5-13-16-7)6-17(2)9-4-10(18-3)15-11(12)14-9/h4-5H,6H2,1-3H3,(H,13,16)(H2,12,14,15). The second-order valence-corrected chi connectivity index (χ2v) is 4.00. The van der Waals surface area contributed by atoms with Crippen molar-refractivity contribution in [3.8, 4) is 5.88 Å². The van der Waals surface area contributed by atoms with Gasteiger partial charge in [0.1, 0.15) is 5.82 Å². The Kier molecular flexibility index (Phi) is 3.31. The summed E-state index contributed by atoms with van der Waals surface area (Å²) in [6, 6.07) is 1.74. The van der Waals surface area contributed by atoms with Crippen molar-refractivity contribution in [1.29, 1.82) is 0 Å². The van der Waals surface area contributed by atoms with Crippen LogP contribution in [0.15, 0.2) is 12.3 Å². The van der Waals surface area contributed by atoms with Gasteiger partial charge in [-0.3, -0.25) is 5.10 Å². The largest absolute Gasteiger partial charge is 0.481 e. The van der Waals surface area contributed by atoms with Crippen molar-refractivity contribution < 1.29 is 4.74 Å². The predicted octanol–water partition coefficient (Wildman–Crippen LogP) is 0.735. The molecule has 2 aromatic rings. The van der Waals surface area contributed by atoms with Crippen molar-refractivity contribution in [2.75, 3.05) is 24.8 Å². The summed E-state index contributed by atoms with van der Waals surface area (Å²) in [5.74, 6) is 1.35. The number of nitrogen functional groups attached to an aromatic ring is 1. The lowest BCUT2D eigenvalue weighted by Crippen LogP contribution is -2.19. The minimum absolute atomic E-state index is 0.195. The van der Waals surface area contributed by atoms with E-state index in [0.29, 0.717) is 18.2 Å². The fourth-order valence-corrected chi connectivity index (χ4v) is 1.60. The van der Waals surface area contributed by atoms with Crippen molar-refractivity contribution in [2.24, 2.45) is 0 Å². The first-order valence-corrected chi connectivity index (χ1v) is 5.48. The summed E-state index contributed by atoms with van der Waals surface area (Å²) in [6.45, 7) is 2.66. The van der Waals surface area contributed by atoms with Crippen molar-refractivity contribution in [3.05, 3.63) is 23.5 Å². The number of rotatable bonds is 4. The quantitative estimate of drug-likeness (QED) is 0.828. The third-order valence-corrected chi connectivity index (χ3v) is 2.65. The third-order valence-electron chi connectivity index (χ3n) is 2.65. The average molecular weight is 248 g/mol. The van der Waals surface area contributed by atoms with Crippen molar-refractivity contribution in [1.82, 2.24) is 20.2 Å². The number of hydrogen-bond donors (Lipinski definition) is 2. The lowest BCUT2D eigenvalue weighted by atomic mass is 10.2. The van der Waals surface area contributed by atoms with E-state index in [1.807, 2.05) is 18.9 Å². The van der Waals surface area contributed by atoms with Crippen LogP contribution in [0.25, 0.3) is 0 Å². The molecule has 0 atom stereocenters. The van der Waals surface area contributed by atoms with E-state index in [9.17, 15) is 0 Å². The zero-order chi connectivity index (χ0) is 13.1. The van der Waals surface area contributed by atoms with E-state index in [-0.39, 0.29) is 5.95 Å². The molecule has 0 aliphatic heterocycles. The molecule has 0 unspecified atom stereocenters. The monoisotopic (exact) mass is 248 g/mol. The Morgan fingerprint density at radius 1 is 1.44 bits per heavy atom. The predicted molar refractivity (Wildman–Crippen MR) is 68.4 cm³/mol. The van der Waals surface area contributed by atoms with Crippen LogP contribution in [-0.2, 0) is 6.54 Å². The molecule has 2 aromatic heterocycles. The smallest absolute Gasteiger partial charge is 0.225 e. The van der Waals surface area contributed by atoms with Gasteiger partial charge in [0.2, 0.25) is 11.8 Å². The van der Waals surface area contributed by atoms with Gasteiger partial charge in [0.25, 0.3) is 0 Å². The molecular formula is C11H16N6O. The van der Waals surface area contributed by atoms with Gasteiger partial charge in [0.15, 0.2) is 0 Å². The van der Waals surface area contributed by atoms with Gasteiger partial charge in [0.05, 0.1) is 13.3 Å². The third kappa shape index (κ3) is 2.50. The molecule has 0 radical (unpaired) electrons. The second-order valence-electron chi connectivity index (χ2n) is 4.00. The Bertz CT molecular complexity index is 538. The van der Waals surface area contributed by atoms with Crippen molar-refractivity contribution in [3.63, 3.8) is 0 Å². The summed E-state index contributed by atoms with van der Waals surface area (Å²) >= 11 is 0. The van der Waals surface area contributed by atoms with Crippen LogP contribution in [0.5, 0.6) is 5.88 Å². The van der Waals surface area contributed by atoms with Crippen LogP contribution >= 0.6 is 0 Å². The molecule has 0 aliphatic carbocycles. The van der Waals surface area contributed by atoms with E-state index in [4.69, 9.17) is 10.5 Å². The number of aromatic amines is 1. The first kappa shape index (κ1) is 12.2. The molecule has 7 nitrogen and oxygen atoms in total. The van der Waals surface area contributed by atoms with Crippen molar-refractivity contribution in [2.45, 2.75) is 13.5 Å². The van der Waals surface area contributed by atoms with Crippen LogP contribution in [0.1, 0.15) is 11.3 Å². The Morgan fingerprint density at radius 2 is 2.22 bits per heavy atom. The SMILES string of the molecule is COc1cc(N(C)Cc2cn[nH]c2C)nc(N)n1. The fraction of sp³-hybridized carbons (Fsp3) is 0.364. The van der Waals surface area contributed by atoms with Crippen LogP contribution in [0, 0.1) is 6.92 Å². The highest BCUT2D eigenvalue weighted by Crippen LogP contribution is 2.19.